The summed E-state index contributed by atoms with van der Waals surface area (Å²) in [6.45, 7) is 4.19. The maximum absolute atomic E-state index is 12.7. The lowest BCUT2D eigenvalue weighted by molar-refractivity contribution is -0.126. The van der Waals surface area contributed by atoms with Gasteiger partial charge in [-0.15, -0.1) is 11.3 Å². The monoisotopic (exact) mass is 477 g/mol. The van der Waals surface area contributed by atoms with Gasteiger partial charge in [0.2, 0.25) is 11.8 Å². The summed E-state index contributed by atoms with van der Waals surface area (Å²) in [5.74, 6) is 0.0758. The number of carbonyl (C=O) groups excluding carboxylic acids is 3. The molecule has 2 unspecified atom stereocenters. The molecule has 0 spiro atoms. The maximum atomic E-state index is 12.7. The van der Waals surface area contributed by atoms with E-state index in [2.05, 4.69) is 21.2 Å². The van der Waals surface area contributed by atoms with Gasteiger partial charge in [0, 0.05) is 37.3 Å². The molecule has 1 aromatic heterocycles. The summed E-state index contributed by atoms with van der Waals surface area (Å²) < 4.78 is 0.902. The van der Waals surface area contributed by atoms with Gasteiger partial charge < -0.3 is 15.1 Å². The van der Waals surface area contributed by atoms with Crippen molar-refractivity contribution < 1.29 is 14.4 Å². The van der Waals surface area contributed by atoms with E-state index in [9.17, 15) is 14.4 Å². The number of allylic oxidation sites excluding steroid dienone is 3. The first-order chi connectivity index (χ1) is 13.9. The predicted octanol–water partition coefficient (Wildman–Crippen LogP) is 3.31. The molecule has 1 aliphatic carbocycles. The van der Waals surface area contributed by atoms with Crippen LogP contribution in [-0.2, 0) is 9.59 Å². The molecule has 0 radical (unpaired) electrons. The van der Waals surface area contributed by atoms with Crippen molar-refractivity contribution in [1.29, 1.82) is 0 Å². The van der Waals surface area contributed by atoms with Crippen LogP contribution in [0.3, 0.4) is 0 Å². The molecule has 1 aromatic rings. The second kappa shape index (κ2) is 8.44. The summed E-state index contributed by atoms with van der Waals surface area (Å²) in [4.78, 5) is 42.0. The molecule has 2 fully saturated rings. The minimum Gasteiger partial charge on any atom is -0.346 e. The summed E-state index contributed by atoms with van der Waals surface area (Å²) in [6.07, 6.45) is 6.90. The first-order valence-corrected chi connectivity index (χ1v) is 11.6. The Morgan fingerprint density at radius 3 is 2.59 bits per heavy atom. The highest BCUT2D eigenvalue weighted by Crippen LogP contribution is 2.31. The van der Waals surface area contributed by atoms with E-state index in [0.717, 1.165) is 41.0 Å². The lowest BCUT2D eigenvalue weighted by Crippen LogP contribution is -2.37. The largest absolute Gasteiger partial charge is 0.346 e. The quantitative estimate of drug-likeness (QED) is 0.722. The van der Waals surface area contributed by atoms with Crippen LogP contribution in [0.4, 0.5) is 0 Å². The van der Waals surface area contributed by atoms with Crippen LogP contribution in [0, 0.1) is 5.92 Å². The van der Waals surface area contributed by atoms with Crippen molar-refractivity contribution >= 4 is 45.0 Å². The van der Waals surface area contributed by atoms with Gasteiger partial charge in [-0.05, 0) is 59.3 Å². The van der Waals surface area contributed by atoms with Crippen LogP contribution in [-0.4, -0.2) is 53.2 Å². The zero-order chi connectivity index (χ0) is 20.5. The van der Waals surface area contributed by atoms with E-state index in [1.807, 2.05) is 30.0 Å². The number of amides is 3. The van der Waals surface area contributed by atoms with Gasteiger partial charge in [-0.25, -0.2) is 0 Å². The van der Waals surface area contributed by atoms with E-state index in [1.165, 1.54) is 11.3 Å². The Labute approximate surface area is 182 Å². The lowest BCUT2D eigenvalue weighted by atomic mass is 9.90. The zero-order valence-corrected chi connectivity index (χ0v) is 18.7. The Kier molecular flexibility index (Phi) is 5.92. The van der Waals surface area contributed by atoms with E-state index >= 15 is 0 Å². The second-order valence-corrected chi connectivity index (χ2v) is 10.3. The zero-order valence-electron chi connectivity index (χ0n) is 16.3. The Bertz CT molecular complexity index is 901. The molecule has 3 amide bonds. The van der Waals surface area contributed by atoms with E-state index in [-0.39, 0.29) is 29.7 Å². The van der Waals surface area contributed by atoms with Gasteiger partial charge in [-0.1, -0.05) is 13.0 Å². The van der Waals surface area contributed by atoms with Gasteiger partial charge in [0.05, 0.1) is 14.7 Å². The molecule has 0 saturated carbocycles. The maximum Gasteiger partial charge on any atom is 0.261 e. The molecule has 0 bridgehead atoms. The highest BCUT2D eigenvalue weighted by molar-refractivity contribution is 9.11. The fourth-order valence-corrected chi connectivity index (χ4v) is 5.49. The number of hydrogen-bond donors (Lipinski definition) is 1. The molecule has 4 rings (SSSR count). The molecule has 8 heteroatoms. The third-order valence-electron chi connectivity index (χ3n) is 5.75. The molecular formula is C21H24BrN3O3S. The van der Waals surface area contributed by atoms with Gasteiger partial charge in [0.15, 0.2) is 0 Å². The summed E-state index contributed by atoms with van der Waals surface area (Å²) in [7, 11) is 0. The van der Waals surface area contributed by atoms with Gasteiger partial charge >= 0.3 is 0 Å². The molecule has 2 atom stereocenters. The van der Waals surface area contributed by atoms with Crippen LogP contribution in [0.2, 0.25) is 0 Å². The number of halogens is 1. The molecule has 29 heavy (non-hydrogen) atoms. The molecule has 3 heterocycles. The van der Waals surface area contributed by atoms with Gasteiger partial charge in [-0.3, -0.25) is 14.4 Å². The third kappa shape index (κ3) is 4.33. The highest BCUT2D eigenvalue weighted by Gasteiger charge is 2.35. The molecule has 1 N–H and O–H groups in total. The smallest absolute Gasteiger partial charge is 0.261 e. The number of carbonyl (C=O) groups is 3. The normalized spacial score (nSPS) is 24.6. The second-order valence-electron chi connectivity index (χ2n) is 7.87. The highest BCUT2D eigenvalue weighted by atomic mass is 79.9. The first kappa shape index (κ1) is 20.3. The SMILES string of the molecule is CC1CC(N2CC(NC(=O)c3ccc(Br)s3)CC2=O)=CC=C1C(=O)N1CCCC1. The fraction of sp³-hybridized carbons (Fsp3) is 0.476. The van der Waals surface area contributed by atoms with Crippen LogP contribution in [0.15, 0.2) is 39.3 Å². The van der Waals surface area contributed by atoms with Crippen molar-refractivity contribution in [3.8, 4) is 0 Å². The number of nitrogens with zero attached hydrogens (tertiary/aromatic N) is 2. The summed E-state index contributed by atoms with van der Waals surface area (Å²) in [5, 5.41) is 2.97. The van der Waals surface area contributed by atoms with Gasteiger partial charge in [0.25, 0.3) is 5.91 Å². The molecule has 6 nitrogen and oxygen atoms in total. The van der Waals surface area contributed by atoms with Crippen LogP contribution in [0.1, 0.15) is 42.3 Å². The number of nitrogens with one attached hydrogen (secondary N) is 1. The number of thiophene rings is 1. The van der Waals surface area contributed by atoms with Crippen molar-refractivity contribution in [3.05, 3.63) is 44.2 Å². The van der Waals surface area contributed by atoms with Crippen LogP contribution in [0.25, 0.3) is 0 Å². The third-order valence-corrected chi connectivity index (χ3v) is 7.37. The summed E-state index contributed by atoms with van der Waals surface area (Å²) >= 11 is 4.74. The van der Waals surface area contributed by atoms with Crippen molar-refractivity contribution in [2.45, 2.75) is 38.6 Å². The minimum atomic E-state index is -0.205. The van der Waals surface area contributed by atoms with Gasteiger partial charge in [-0.2, -0.15) is 0 Å². The standard InChI is InChI=1S/C21H24BrN3O3S/c1-13-10-15(4-5-16(13)21(28)24-8-2-3-9-24)25-12-14(11-19(25)26)23-20(27)17-6-7-18(22)29-17/h4-7,13-14H,2-3,8-12H2,1H3,(H,23,27). The lowest BCUT2D eigenvalue weighted by Gasteiger charge is -2.28. The Morgan fingerprint density at radius 1 is 1.17 bits per heavy atom. The van der Waals surface area contributed by atoms with E-state index < -0.39 is 0 Å². The topological polar surface area (TPSA) is 69.7 Å². The molecule has 3 aliphatic rings. The molecule has 2 aliphatic heterocycles. The summed E-state index contributed by atoms with van der Waals surface area (Å²) in [5.41, 5.74) is 1.76. The van der Waals surface area contributed by atoms with Crippen molar-refractivity contribution in [3.63, 3.8) is 0 Å². The Morgan fingerprint density at radius 2 is 1.93 bits per heavy atom. The van der Waals surface area contributed by atoms with Crippen molar-refractivity contribution in [2.24, 2.45) is 5.92 Å². The Hall–Kier alpha value is -1.93. The molecule has 154 valence electrons. The van der Waals surface area contributed by atoms with E-state index in [4.69, 9.17) is 0 Å². The summed E-state index contributed by atoms with van der Waals surface area (Å²) in [6, 6.07) is 3.41. The average molecular weight is 478 g/mol. The molecule has 2 saturated heterocycles. The first-order valence-electron chi connectivity index (χ1n) is 9.99. The van der Waals surface area contributed by atoms with Crippen LogP contribution < -0.4 is 5.32 Å². The number of rotatable bonds is 4. The van der Waals surface area contributed by atoms with E-state index in [0.29, 0.717) is 24.3 Å². The molecule has 0 aromatic carbocycles. The van der Waals surface area contributed by atoms with Gasteiger partial charge in [0.1, 0.15) is 0 Å². The van der Waals surface area contributed by atoms with Crippen molar-refractivity contribution in [2.75, 3.05) is 19.6 Å². The fourth-order valence-electron chi connectivity index (χ4n) is 4.20. The molecular weight excluding hydrogens is 454 g/mol. The van der Waals surface area contributed by atoms with Crippen LogP contribution in [0.5, 0.6) is 0 Å². The minimum absolute atomic E-state index is 0.0174. The Balaban J connectivity index is 1.41. The predicted molar refractivity (Wildman–Crippen MR) is 115 cm³/mol. The van der Waals surface area contributed by atoms with E-state index in [1.54, 1.807) is 11.0 Å². The number of hydrogen-bond acceptors (Lipinski definition) is 4. The number of likely N-dealkylation sites (tertiary alicyclic amines) is 2. The average Bonchev–Trinajstić information content (AvgIpc) is 3.42. The van der Waals surface area contributed by atoms with Crippen molar-refractivity contribution in [1.82, 2.24) is 15.1 Å². The van der Waals surface area contributed by atoms with Crippen LogP contribution >= 0.6 is 27.3 Å².